The zero-order valence-corrected chi connectivity index (χ0v) is 26.7. The van der Waals surface area contributed by atoms with E-state index in [9.17, 15) is 14.4 Å². The third-order valence-corrected chi connectivity index (χ3v) is 9.48. The van der Waals surface area contributed by atoms with E-state index in [1.165, 1.54) is 22.2 Å². The molecule has 220 valence electrons. The van der Waals surface area contributed by atoms with Crippen molar-refractivity contribution in [2.24, 2.45) is 7.05 Å². The summed E-state index contributed by atoms with van der Waals surface area (Å²) in [5, 5.41) is 3.65. The molecule has 8 nitrogen and oxygen atoms in total. The molecule has 0 radical (unpaired) electrons. The van der Waals surface area contributed by atoms with E-state index < -0.39 is 22.6 Å². The Morgan fingerprint density at radius 3 is 2.44 bits per heavy atom. The van der Waals surface area contributed by atoms with Crippen LogP contribution in [0.25, 0.3) is 16.6 Å². The van der Waals surface area contributed by atoms with Gasteiger partial charge < -0.3 is 10.1 Å². The van der Waals surface area contributed by atoms with Crippen LogP contribution in [-0.4, -0.2) is 26.1 Å². The molecule has 1 aliphatic rings. The van der Waals surface area contributed by atoms with E-state index in [4.69, 9.17) is 4.74 Å². The van der Waals surface area contributed by atoms with E-state index in [1.807, 2.05) is 40.8 Å². The van der Waals surface area contributed by atoms with Gasteiger partial charge in [-0.15, -0.1) is 11.8 Å². The molecule has 1 fully saturated rings. The zero-order chi connectivity index (χ0) is 30.4. The number of halogens is 2. The monoisotopic (exact) mass is 710 g/mol. The average molecular weight is 711 g/mol. The van der Waals surface area contributed by atoms with Gasteiger partial charge in [0.2, 0.25) is 0 Å². The van der Waals surface area contributed by atoms with Gasteiger partial charge in [0.1, 0.15) is 22.8 Å². The highest BCUT2D eigenvalue weighted by Gasteiger charge is 2.25. The van der Waals surface area contributed by atoms with E-state index in [0.717, 1.165) is 22.3 Å². The number of benzene rings is 3. The average Bonchev–Trinajstić information content (AvgIpc) is 3.82. The van der Waals surface area contributed by atoms with Crippen LogP contribution in [0.4, 0.5) is 15.9 Å². The number of hydrogen-bond acceptors (Lipinski definition) is 6. The Hall–Kier alpha value is -3.84. The molecule has 0 amide bonds. The van der Waals surface area contributed by atoms with Crippen molar-refractivity contribution in [3.05, 3.63) is 118 Å². The molecule has 0 atom stereocenters. The third kappa shape index (κ3) is 5.63. The Morgan fingerprint density at radius 2 is 1.77 bits per heavy atom. The largest absolute Gasteiger partial charge is 0.497 e. The van der Waals surface area contributed by atoms with Crippen LogP contribution in [0.15, 0.2) is 86.0 Å². The molecule has 11 heteroatoms. The molecule has 6 rings (SSSR count). The number of aryl methyl sites for hydroxylation is 1. The predicted molar refractivity (Wildman–Crippen MR) is 177 cm³/mol. The summed E-state index contributed by atoms with van der Waals surface area (Å²) in [6, 6.07) is 19.3. The molecular formula is C32H28FIN4O4S. The number of nitrogens with one attached hydrogen (secondary N) is 1. The quantitative estimate of drug-likeness (QED) is 0.200. The molecule has 43 heavy (non-hydrogen) atoms. The maximum Gasteiger partial charge on any atom is 0.336 e. The van der Waals surface area contributed by atoms with Gasteiger partial charge in [0, 0.05) is 26.3 Å². The fourth-order valence-corrected chi connectivity index (χ4v) is 6.63. The lowest BCUT2D eigenvalue weighted by atomic mass is 10.1. The summed E-state index contributed by atoms with van der Waals surface area (Å²) >= 11 is 3.76. The van der Waals surface area contributed by atoms with E-state index in [-0.39, 0.29) is 34.5 Å². The van der Waals surface area contributed by atoms with Gasteiger partial charge in [-0.05, 0) is 96.5 Å². The second-order valence-electron chi connectivity index (χ2n) is 10.5. The summed E-state index contributed by atoms with van der Waals surface area (Å²) in [6.07, 6.45) is 2.29. The first kappa shape index (κ1) is 29.2. The highest BCUT2D eigenvalue weighted by atomic mass is 127. The highest BCUT2D eigenvalue weighted by molar-refractivity contribution is 14.1. The number of fused-ring (bicyclic) bond motifs is 1. The molecule has 0 aliphatic heterocycles. The van der Waals surface area contributed by atoms with Crippen LogP contribution in [0.2, 0.25) is 0 Å². The fourth-order valence-electron chi connectivity index (χ4n) is 5.07. The molecule has 0 unspecified atom stereocenters. The summed E-state index contributed by atoms with van der Waals surface area (Å²) in [7, 11) is 3.09. The van der Waals surface area contributed by atoms with Crippen LogP contribution < -0.4 is 26.9 Å². The SMILES string of the molecule is COc1ccc(Cn2c(=O)c3c(Nc4ccc(I)cc4F)n(C)c(=O)c(C)c3n(-c3cccc(SC4CC4)c3)c2=O)cc1. The number of aromatic nitrogens is 3. The molecule has 1 aliphatic carbocycles. The van der Waals surface area contributed by atoms with Crippen LogP contribution in [0.5, 0.6) is 5.75 Å². The first-order valence-corrected chi connectivity index (χ1v) is 15.6. The minimum atomic E-state index is -0.595. The van der Waals surface area contributed by atoms with Crippen LogP contribution >= 0.6 is 34.4 Å². The minimum absolute atomic E-state index is 0.0205. The van der Waals surface area contributed by atoms with Crippen molar-refractivity contribution in [1.82, 2.24) is 13.7 Å². The summed E-state index contributed by atoms with van der Waals surface area (Å²) in [4.78, 5) is 43.2. The summed E-state index contributed by atoms with van der Waals surface area (Å²) in [6.45, 7) is 1.58. The number of hydrogen-bond donors (Lipinski definition) is 1. The molecule has 1 N–H and O–H groups in total. The maximum atomic E-state index is 15.0. The standard InChI is InChI=1S/C32H28FIN4O4S/c1-18-28-27(29(36(2)30(18)39)35-26-14-9-20(34)15-25(26)33)31(40)37(17-19-7-10-22(42-3)11-8-19)32(41)38(28)21-5-4-6-24(16-21)43-23-12-13-23/h4-11,14-16,23,35H,12-13,17H2,1-3H3. The molecule has 2 heterocycles. The second-order valence-corrected chi connectivity index (χ2v) is 13.1. The number of ether oxygens (including phenoxy) is 1. The van der Waals surface area contributed by atoms with Crippen LogP contribution in [0, 0.1) is 16.3 Å². The molecule has 1 saturated carbocycles. The number of anilines is 2. The van der Waals surface area contributed by atoms with E-state index in [0.29, 0.717) is 25.8 Å². The number of nitrogens with zero attached hydrogens (tertiary/aromatic N) is 3. The van der Waals surface area contributed by atoms with Gasteiger partial charge >= 0.3 is 5.69 Å². The van der Waals surface area contributed by atoms with E-state index >= 15 is 4.39 Å². The zero-order valence-electron chi connectivity index (χ0n) is 23.7. The van der Waals surface area contributed by atoms with E-state index in [2.05, 4.69) is 5.32 Å². The lowest BCUT2D eigenvalue weighted by Gasteiger charge is -2.21. The first-order valence-electron chi connectivity index (χ1n) is 13.7. The van der Waals surface area contributed by atoms with Crippen molar-refractivity contribution in [3.63, 3.8) is 0 Å². The second kappa shape index (κ2) is 11.7. The molecule has 0 saturated heterocycles. The highest BCUT2D eigenvalue weighted by Crippen LogP contribution is 2.39. The van der Waals surface area contributed by atoms with Crippen LogP contribution in [-0.2, 0) is 13.6 Å². The van der Waals surface area contributed by atoms with Gasteiger partial charge in [-0.1, -0.05) is 18.2 Å². The molecule has 0 bridgehead atoms. The molecule has 5 aromatic rings. The van der Waals surface area contributed by atoms with Gasteiger partial charge in [0.05, 0.1) is 30.5 Å². The Morgan fingerprint density at radius 1 is 1.02 bits per heavy atom. The lowest BCUT2D eigenvalue weighted by Crippen LogP contribution is -2.41. The lowest BCUT2D eigenvalue weighted by molar-refractivity contribution is 0.414. The van der Waals surface area contributed by atoms with Crippen molar-refractivity contribution in [3.8, 4) is 11.4 Å². The van der Waals surface area contributed by atoms with Gasteiger partial charge in [-0.2, -0.15) is 0 Å². The number of thioether (sulfide) groups is 1. The van der Waals surface area contributed by atoms with Crippen molar-refractivity contribution in [1.29, 1.82) is 0 Å². The molecule has 0 spiro atoms. The number of rotatable bonds is 8. The normalized spacial score (nSPS) is 13.0. The van der Waals surface area contributed by atoms with E-state index in [1.54, 1.807) is 68.3 Å². The summed E-state index contributed by atoms with van der Waals surface area (Å²) in [5.74, 6) is 0.204. The summed E-state index contributed by atoms with van der Waals surface area (Å²) in [5.41, 5.74) is 0.179. The Bertz CT molecular complexity index is 2070. The fraction of sp³-hybridized carbons (Fsp3) is 0.219. The number of pyridine rings is 1. The molecule has 2 aromatic heterocycles. The molecule has 3 aromatic carbocycles. The topological polar surface area (TPSA) is 87.3 Å². The maximum absolute atomic E-state index is 15.0. The smallest absolute Gasteiger partial charge is 0.336 e. The van der Waals surface area contributed by atoms with Gasteiger partial charge in [0.15, 0.2) is 0 Å². The van der Waals surface area contributed by atoms with Gasteiger partial charge in [-0.3, -0.25) is 23.3 Å². The van der Waals surface area contributed by atoms with Crippen molar-refractivity contribution < 1.29 is 9.13 Å². The first-order chi connectivity index (χ1) is 20.7. The van der Waals surface area contributed by atoms with Crippen molar-refractivity contribution in [2.75, 3.05) is 12.4 Å². The van der Waals surface area contributed by atoms with Gasteiger partial charge in [0.25, 0.3) is 11.1 Å². The van der Waals surface area contributed by atoms with Crippen molar-refractivity contribution in [2.45, 2.75) is 36.5 Å². The summed E-state index contributed by atoms with van der Waals surface area (Å²) < 4.78 is 24.9. The Balaban J connectivity index is 1.67. The van der Waals surface area contributed by atoms with Crippen molar-refractivity contribution >= 4 is 56.8 Å². The Kier molecular flexibility index (Phi) is 7.94. The minimum Gasteiger partial charge on any atom is -0.497 e. The Labute approximate surface area is 264 Å². The van der Waals surface area contributed by atoms with Gasteiger partial charge in [-0.25, -0.2) is 9.18 Å². The van der Waals surface area contributed by atoms with Crippen LogP contribution in [0.3, 0.4) is 0 Å². The number of methoxy groups -OCH3 is 1. The third-order valence-electron chi connectivity index (χ3n) is 7.48. The molecular weight excluding hydrogens is 682 g/mol. The predicted octanol–water partition coefficient (Wildman–Crippen LogP) is 5.96. The van der Waals surface area contributed by atoms with Crippen LogP contribution in [0.1, 0.15) is 24.0 Å².